The van der Waals surface area contributed by atoms with Gasteiger partial charge in [0.25, 0.3) is 10.7 Å². The molecule has 0 saturated carbocycles. The molecule has 106 valence electrons. The van der Waals surface area contributed by atoms with Gasteiger partial charge < -0.3 is 8.98 Å². The fraction of sp³-hybridized carbons (Fsp3) is 0.0714. The SMILES string of the molecule is Cc1cc(=O)c(-c2n[nH]c(=S)o2)cn1-c1ccc(F)cc1. The van der Waals surface area contributed by atoms with Crippen LogP contribution in [0.3, 0.4) is 0 Å². The number of nitrogens with one attached hydrogen (secondary N) is 1. The quantitative estimate of drug-likeness (QED) is 0.739. The fourth-order valence-electron chi connectivity index (χ4n) is 2.02. The summed E-state index contributed by atoms with van der Waals surface area (Å²) in [5.41, 5.74) is 1.49. The topological polar surface area (TPSA) is 63.8 Å². The van der Waals surface area contributed by atoms with Crippen LogP contribution in [0.2, 0.25) is 0 Å². The first kappa shape index (κ1) is 13.4. The van der Waals surface area contributed by atoms with Crippen molar-refractivity contribution in [1.82, 2.24) is 14.8 Å². The van der Waals surface area contributed by atoms with Crippen LogP contribution in [0.1, 0.15) is 5.69 Å². The number of aromatic nitrogens is 3. The Balaban J connectivity index is 2.20. The van der Waals surface area contributed by atoms with Crippen LogP contribution in [0.5, 0.6) is 0 Å². The third-order valence-corrected chi connectivity index (χ3v) is 3.19. The van der Waals surface area contributed by atoms with E-state index >= 15 is 0 Å². The number of pyridine rings is 1. The van der Waals surface area contributed by atoms with Crippen molar-refractivity contribution in [3.05, 3.63) is 63.1 Å². The minimum atomic E-state index is -0.323. The van der Waals surface area contributed by atoms with Gasteiger partial charge in [0.15, 0.2) is 5.43 Å². The highest BCUT2D eigenvalue weighted by Crippen LogP contribution is 2.17. The summed E-state index contributed by atoms with van der Waals surface area (Å²) in [4.78, 5) is 12.2. The third-order valence-electron chi connectivity index (χ3n) is 3.02. The van der Waals surface area contributed by atoms with Crippen molar-refractivity contribution in [3.63, 3.8) is 0 Å². The van der Waals surface area contributed by atoms with Crippen LogP contribution in [0.4, 0.5) is 4.39 Å². The van der Waals surface area contributed by atoms with Crippen molar-refractivity contribution in [3.8, 4) is 17.1 Å². The Bertz CT molecular complexity index is 909. The van der Waals surface area contributed by atoms with Crippen molar-refractivity contribution in [2.45, 2.75) is 6.92 Å². The second-order valence-corrected chi connectivity index (χ2v) is 4.83. The number of benzene rings is 1. The highest BCUT2D eigenvalue weighted by molar-refractivity contribution is 7.71. The zero-order valence-corrected chi connectivity index (χ0v) is 11.8. The molecule has 0 aliphatic rings. The number of halogens is 1. The van der Waals surface area contributed by atoms with Gasteiger partial charge in [0.2, 0.25) is 0 Å². The van der Waals surface area contributed by atoms with Gasteiger partial charge >= 0.3 is 0 Å². The normalized spacial score (nSPS) is 10.8. The van der Waals surface area contributed by atoms with Gasteiger partial charge in [-0.2, -0.15) is 0 Å². The molecule has 3 aromatic rings. The van der Waals surface area contributed by atoms with Gasteiger partial charge in [0.05, 0.1) is 0 Å². The van der Waals surface area contributed by atoms with Crippen molar-refractivity contribution in [1.29, 1.82) is 0 Å². The summed E-state index contributed by atoms with van der Waals surface area (Å²) in [5.74, 6) is -0.198. The third kappa shape index (κ3) is 2.55. The van der Waals surface area contributed by atoms with Crippen LogP contribution in [0, 0.1) is 17.6 Å². The molecule has 0 radical (unpaired) electrons. The van der Waals surface area contributed by atoms with Gasteiger partial charge in [0, 0.05) is 23.6 Å². The molecule has 0 unspecified atom stereocenters. The number of aryl methyl sites for hydroxylation is 1. The Hall–Kier alpha value is -2.54. The van der Waals surface area contributed by atoms with E-state index in [1.165, 1.54) is 18.2 Å². The number of hydrogen-bond donors (Lipinski definition) is 1. The van der Waals surface area contributed by atoms with Gasteiger partial charge in [0.1, 0.15) is 11.4 Å². The Morgan fingerprint density at radius 3 is 2.67 bits per heavy atom. The maximum absolute atomic E-state index is 13.0. The molecule has 0 spiro atoms. The summed E-state index contributed by atoms with van der Waals surface area (Å²) in [6, 6.07) is 7.42. The molecule has 0 atom stereocenters. The Kier molecular flexibility index (Phi) is 3.26. The van der Waals surface area contributed by atoms with Crippen molar-refractivity contribution in [2.24, 2.45) is 0 Å². The molecule has 5 nitrogen and oxygen atoms in total. The predicted octanol–water partition coefficient (Wildman–Crippen LogP) is 3.00. The summed E-state index contributed by atoms with van der Waals surface area (Å²) in [6.07, 6.45) is 1.60. The first-order valence-corrected chi connectivity index (χ1v) is 6.50. The van der Waals surface area contributed by atoms with E-state index < -0.39 is 0 Å². The summed E-state index contributed by atoms with van der Waals surface area (Å²) >= 11 is 4.81. The second kappa shape index (κ2) is 5.10. The molecule has 7 heteroatoms. The molecule has 0 amide bonds. The van der Waals surface area contributed by atoms with Crippen molar-refractivity contribution < 1.29 is 8.81 Å². The van der Waals surface area contributed by atoms with Crippen LogP contribution in [0.15, 0.2) is 45.7 Å². The van der Waals surface area contributed by atoms with E-state index in [2.05, 4.69) is 10.2 Å². The van der Waals surface area contributed by atoms with E-state index in [1.807, 2.05) is 0 Å². The summed E-state index contributed by atoms with van der Waals surface area (Å²) in [6.45, 7) is 1.79. The van der Waals surface area contributed by atoms with Gasteiger partial charge in [-0.25, -0.2) is 9.49 Å². The second-order valence-electron chi connectivity index (χ2n) is 4.46. The standard InChI is InChI=1S/C14H10FN3O2S/c1-8-6-12(19)11(13-16-17-14(21)20-13)7-18(8)10-4-2-9(15)3-5-10/h2-7H,1H3,(H,17,21). The number of hydrogen-bond acceptors (Lipinski definition) is 4. The Labute approximate surface area is 123 Å². The molecule has 21 heavy (non-hydrogen) atoms. The molecule has 1 N–H and O–H groups in total. The molecule has 1 aromatic carbocycles. The van der Waals surface area contributed by atoms with E-state index in [9.17, 15) is 9.18 Å². The van der Waals surface area contributed by atoms with Crippen molar-refractivity contribution >= 4 is 12.2 Å². The number of aromatic amines is 1. The zero-order chi connectivity index (χ0) is 15.0. The summed E-state index contributed by atoms with van der Waals surface area (Å²) < 4.78 is 19.9. The molecule has 2 heterocycles. The first-order valence-electron chi connectivity index (χ1n) is 6.10. The Morgan fingerprint density at radius 1 is 1.33 bits per heavy atom. The smallest absolute Gasteiger partial charge is 0.284 e. The number of H-pyrrole nitrogens is 1. The molecule has 3 rings (SSSR count). The minimum absolute atomic E-state index is 0.0957. The summed E-state index contributed by atoms with van der Waals surface area (Å²) in [5, 5.41) is 6.33. The lowest BCUT2D eigenvalue weighted by Crippen LogP contribution is -2.11. The molecule has 2 aromatic heterocycles. The molecule has 0 aliphatic carbocycles. The highest BCUT2D eigenvalue weighted by Gasteiger charge is 2.12. The summed E-state index contributed by atoms with van der Waals surface area (Å²) in [7, 11) is 0. The van der Waals surface area contributed by atoms with Crippen LogP contribution < -0.4 is 5.43 Å². The fourth-order valence-corrected chi connectivity index (χ4v) is 2.14. The van der Waals surface area contributed by atoms with Gasteiger partial charge in [-0.15, -0.1) is 5.10 Å². The van der Waals surface area contributed by atoms with E-state index in [-0.39, 0.29) is 27.5 Å². The van der Waals surface area contributed by atoms with E-state index in [0.29, 0.717) is 5.69 Å². The lowest BCUT2D eigenvalue weighted by atomic mass is 10.2. The Morgan fingerprint density at radius 2 is 2.05 bits per heavy atom. The number of nitrogens with zero attached hydrogens (tertiary/aromatic N) is 2. The predicted molar refractivity (Wildman–Crippen MR) is 77.4 cm³/mol. The van der Waals surface area contributed by atoms with Gasteiger partial charge in [-0.3, -0.25) is 4.79 Å². The van der Waals surface area contributed by atoms with Crippen LogP contribution in [-0.2, 0) is 0 Å². The largest absolute Gasteiger partial charge is 0.409 e. The monoisotopic (exact) mass is 303 g/mol. The zero-order valence-electron chi connectivity index (χ0n) is 11.0. The molecule has 0 saturated heterocycles. The maximum atomic E-state index is 13.0. The first-order chi connectivity index (χ1) is 10.0. The molecular weight excluding hydrogens is 293 g/mol. The molecule has 0 aliphatic heterocycles. The molecular formula is C14H10FN3O2S. The minimum Gasteiger partial charge on any atom is -0.409 e. The maximum Gasteiger partial charge on any atom is 0.284 e. The van der Waals surface area contributed by atoms with Gasteiger partial charge in [-0.1, -0.05) is 0 Å². The van der Waals surface area contributed by atoms with Gasteiger partial charge in [-0.05, 0) is 43.4 Å². The van der Waals surface area contributed by atoms with Crippen LogP contribution in [-0.4, -0.2) is 14.8 Å². The van der Waals surface area contributed by atoms with E-state index in [1.54, 1.807) is 29.8 Å². The van der Waals surface area contributed by atoms with E-state index in [0.717, 1.165) is 5.69 Å². The number of rotatable bonds is 2. The average Bonchev–Trinajstić information content (AvgIpc) is 2.87. The van der Waals surface area contributed by atoms with E-state index in [4.69, 9.17) is 16.6 Å². The molecule has 0 bridgehead atoms. The average molecular weight is 303 g/mol. The van der Waals surface area contributed by atoms with Crippen LogP contribution in [0.25, 0.3) is 17.1 Å². The lowest BCUT2D eigenvalue weighted by molar-refractivity contribution is 0.551. The van der Waals surface area contributed by atoms with Crippen LogP contribution >= 0.6 is 12.2 Å². The lowest BCUT2D eigenvalue weighted by Gasteiger charge is -2.11. The molecule has 0 fully saturated rings. The van der Waals surface area contributed by atoms with Crippen molar-refractivity contribution in [2.75, 3.05) is 0 Å². The highest BCUT2D eigenvalue weighted by atomic mass is 32.1.